The van der Waals surface area contributed by atoms with Crippen LogP contribution in [0.3, 0.4) is 0 Å². The van der Waals surface area contributed by atoms with Gasteiger partial charge >= 0.3 is 5.97 Å². The minimum atomic E-state index is -0.506. The summed E-state index contributed by atoms with van der Waals surface area (Å²) in [5.41, 5.74) is 3.38. The Hall–Kier alpha value is -1.89. The van der Waals surface area contributed by atoms with Crippen molar-refractivity contribution in [2.75, 3.05) is 11.9 Å². The maximum atomic E-state index is 11.8. The van der Waals surface area contributed by atoms with Crippen molar-refractivity contribution < 1.29 is 14.3 Å². The molecule has 0 aliphatic carbocycles. The predicted octanol–water partition coefficient (Wildman–Crippen LogP) is 3.70. The van der Waals surface area contributed by atoms with Crippen molar-refractivity contribution >= 4 is 40.2 Å². The molecule has 2 aromatic rings. The van der Waals surface area contributed by atoms with E-state index in [-0.39, 0.29) is 12.5 Å². The molecule has 0 atom stereocenters. The fraction of sp³-hybridized carbons (Fsp3) is 0.176. The van der Waals surface area contributed by atoms with Gasteiger partial charge in [0.25, 0.3) is 5.91 Å². The van der Waals surface area contributed by atoms with Gasteiger partial charge in [-0.3, -0.25) is 4.79 Å². The highest BCUT2D eigenvalue weighted by molar-refractivity contribution is 14.1. The van der Waals surface area contributed by atoms with Crippen molar-refractivity contribution in [2.24, 2.45) is 0 Å². The number of carbonyl (C=O) groups excluding carboxylic acids is 2. The topological polar surface area (TPSA) is 55.4 Å². The monoisotopic (exact) mass is 409 g/mol. The number of hydrogen-bond donors (Lipinski definition) is 1. The van der Waals surface area contributed by atoms with Gasteiger partial charge in [-0.1, -0.05) is 12.1 Å². The van der Waals surface area contributed by atoms with E-state index in [2.05, 4.69) is 27.9 Å². The van der Waals surface area contributed by atoms with Crippen LogP contribution in [0.5, 0.6) is 0 Å². The van der Waals surface area contributed by atoms with E-state index >= 15 is 0 Å². The summed E-state index contributed by atoms with van der Waals surface area (Å²) < 4.78 is 5.95. The lowest BCUT2D eigenvalue weighted by molar-refractivity contribution is -0.119. The molecule has 0 aliphatic heterocycles. The van der Waals surface area contributed by atoms with Crippen LogP contribution in [0.4, 0.5) is 5.69 Å². The van der Waals surface area contributed by atoms with E-state index in [0.29, 0.717) is 11.3 Å². The number of anilines is 1. The second-order valence-electron chi connectivity index (χ2n) is 4.93. The minimum absolute atomic E-state index is 0.308. The molecule has 1 N–H and O–H groups in total. The van der Waals surface area contributed by atoms with Gasteiger partial charge in [-0.2, -0.15) is 0 Å². The summed E-state index contributed by atoms with van der Waals surface area (Å²) in [6.07, 6.45) is 0. The second kappa shape index (κ2) is 7.40. The Kier molecular flexibility index (Phi) is 5.54. The number of ether oxygens (including phenoxy) is 1. The number of benzene rings is 2. The second-order valence-corrected chi connectivity index (χ2v) is 6.18. The van der Waals surface area contributed by atoms with Crippen LogP contribution in [-0.2, 0) is 9.53 Å². The normalized spacial score (nSPS) is 10.1. The highest BCUT2D eigenvalue weighted by Crippen LogP contribution is 2.14. The standard InChI is InChI=1S/C17H16INO3/c1-11-6-7-15(8-12(11)2)19-16(20)10-22-17(21)13-4-3-5-14(18)9-13/h3-9H,10H2,1-2H3,(H,19,20). The lowest BCUT2D eigenvalue weighted by atomic mass is 10.1. The molecule has 4 nitrogen and oxygen atoms in total. The lowest BCUT2D eigenvalue weighted by Crippen LogP contribution is -2.21. The number of hydrogen-bond acceptors (Lipinski definition) is 3. The molecule has 0 aromatic heterocycles. The summed E-state index contributed by atoms with van der Waals surface area (Å²) >= 11 is 2.11. The first kappa shape index (κ1) is 16.5. The fourth-order valence-electron chi connectivity index (χ4n) is 1.85. The van der Waals surface area contributed by atoms with Gasteiger partial charge in [-0.05, 0) is 77.9 Å². The van der Waals surface area contributed by atoms with Crippen molar-refractivity contribution in [3.63, 3.8) is 0 Å². The van der Waals surface area contributed by atoms with Gasteiger partial charge in [0.05, 0.1) is 5.56 Å². The molecule has 0 heterocycles. The van der Waals surface area contributed by atoms with Crippen molar-refractivity contribution in [2.45, 2.75) is 13.8 Å². The van der Waals surface area contributed by atoms with Crippen molar-refractivity contribution in [1.29, 1.82) is 0 Å². The zero-order valence-electron chi connectivity index (χ0n) is 12.4. The molecule has 0 radical (unpaired) electrons. The zero-order valence-corrected chi connectivity index (χ0v) is 14.5. The SMILES string of the molecule is Cc1ccc(NC(=O)COC(=O)c2cccc(I)c2)cc1C. The van der Waals surface area contributed by atoms with Gasteiger partial charge in [0, 0.05) is 9.26 Å². The van der Waals surface area contributed by atoms with Gasteiger partial charge in [0.1, 0.15) is 0 Å². The van der Waals surface area contributed by atoms with Crippen molar-refractivity contribution in [3.05, 3.63) is 62.7 Å². The number of amides is 1. The Morgan fingerprint density at radius 3 is 2.55 bits per heavy atom. The Balaban J connectivity index is 1.90. The number of aryl methyl sites for hydroxylation is 2. The molecular weight excluding hydrogens is 393 g/mol. The van der Waals surface area contributed by atoms with Gasteiger partial charge in [0.15, 0.2) is 6.61 Å². The molecular formula is C17H16INO3. The average molecular weight is 409 g/mol. The van der Waals surface area contributed by atoms with Crippen LogP contribution in [0, 0.1) is 17.4 Å². The Bertz CT molecular complexity index is 713. The Morgan fingerprint density at radius 1 is 1.09 bits per heavy atom. The van der Waals surface area contributed by atoms with Crippen molar-refractivity contribution in [1.82, 2.24) is 0 Å². The van der Waals surface area contributed by atoms with E-state index < -0.39 is 5.97 Å². The Labute approximate surface area is 143 Å². The van der Waals surface area contributed by atoms with Crippen LogP contribution in [0.2, 0.25) is 0 Å². The number of carbonyl (C=O) groups is 2. The molecule has 22 heavy (non-hydrogen) atoms. The quantitative estimate of drug-likeness (QED) is 0.619. The maximum Gasteiger partial charge on any atom is 0.338 e. The van der Waals surface area contributed by atoms with E-state index in [1.54, 1.807) is 18.2 Å². The largest absolute Gasteiger partial charge is 0.452 e. The summed E-state index contributed by atoms with van der Waals surface area (Å²) in [6, 6.07) is 12.7. The fourth-order valence-corrected chi connectivity index (χ4v) is 2.39. The molecule has 1 amide bonds. The molecule has 114 valence electrons. The van der Waals surface area contributed by atoms with E-state index in [0.717, 1.165) is 14.7 Å². The highest BCUT2D eigenvalue weighted by atomic mass is 127. The zero-order chi connectivity index (χ0) is 16.1. The minimum Gasteiger partial charge on any atom is -0.452 e. The highest BCUT2D eigenvalue weighted by Gasteiger charge is 2.10. The maximum absolute atomic E-state index is 11.8. The third kappa shape index (κ3) is 4.56. The van der Waals surface area contributed by atoms with Gasteiger partial charge < -0.3 is 10.1 Å². The summed E-state index contributed by atoms with van der Waals surface area (Å²) in [4.78, 5) is 23.7. The van der Waals surface area contributed by atoms with Gasteiger partial charge in [-0.25, -0.2) is 4.79 Å². The number of nitrogens with one attached hydrogen (secondary N) is 1. The van der Waals surface area contributed by atoms with Crippen LogP contribution >= 0.6 is 22.6 Å². The lowest BCUT2D eigenvalue weighted by Gasteiger charge is -2.08. The summed E-state index contributed by atoms with van der Waals surface area (Å²) in [5, 5.41) is 2.71. The molecule has 2 aromatic carbocycles. The smallest absolute Gasteiger partial charge is 0.338 e. The van der Waals surface area contributed by atoms with Crippen LogP contribution in [-0.4, -0.2) is 18.5 Å². The van der Waals surface area contributed by atoms with E-state index in [4.69, 9.17) is 4.74 Å². The first-order valence-corrected chi connectivity index (χ1v) is 7.83. The summed E-state index contributed by atoms with van der Waals surface area (Å²) in [6.45, 7) is 3.67. The average Bonchev–Trinajstić information content (AvgIpc) is 2.48. The van der Waals surface area contributed by atoms with Gasteiger partial charge in [0.2, 0.25) is 0 Å². The molecule has 0 fully saturated rings. The molecule has 0 aliphatic rings. The summed E-state index contributed by atoms with van der Waals surface area (Å²) in [7, 11) is 0. The van der Waals surface area contributed by atoms with E-state index in [1.807, 2.05) is 38.1 Å². The van der Waals surface area contributed by atoms with Crippen LogP contribution in [0.1, 0.15) is 21.5 Å². The predicted molar refractivity (Wildman–Crippen MR) is 94.0 cm³/mol. The van der Waals surface area contributed by atoms with Crippen LogP contribution in [0.15, 0.2) is 42.5 Å². The third-order valence-electron chi connectivity index (χ3n) is 3.19. The molecule has 0 bridgehead atoms. The van der Waals surface area contributed by atoms with Gasteiger partial charge in [-0.15, -0.1) is 0 Å². The van der Waals surface area contributed by atoms with Crippen LogP contribution in [0.25, 0.3) is 0 Å². The first-order chi connectivity index (χ1) is 10.5. The third-order valence-corrected chi connectivity index (χ3v) is 3.86. The first-order valence-electron chi connectivity index (χ1n) is 6.75. The van der Waals surface area contributed by atoms with Crippen LogP contribution < -0.4 is 5.32 Å². The van der Waals surface area contributed by atoms with Crippen molar-refractivity contribution in [3.8, 4) is 0 Å². The molecule has 0 saturated carbocycles. The molecule has 5 heteroatoms. The summed E-state index contributed by atoms with van der Waals surface area (Å²) in [5.74, 6) is -0.865. The number of rotatable bonds is 4. The molecule has 2 rings (SSSR count). The molecule has 0 unspecified atom stereocenters. The molecule has 0 spiro atoms. The van der Waals surface area contributed by atoms with E-state index in [1.165, 1.54) is 0 Å². The van der Waals surface area contributed by atoms with E-state index in [9.17, 15) is 9.59 Å². The Morgan fingerprint density at radius 2 is 1.86 bits per heavy atom. The number of halogens is 1. The number of esters is 1. The molecule has 0 saturated heterocycles.